The second kappa shape index (κ2) is 9.14. The van der Waals surface area contributed by atoms with Gasteiger partial charge in [0.25, 0.3) is 0 Å². The van der Waals surface area contributed by atoms with Gasteiger partial charge in [-0.3, -0.25) is 13.9 Å². The maximum atomic E-state index is 12.2. The Morgan fingerprint density at radius 1 is 1.23 bits per heavy atom. The van der Waals surface area contributed by atoms with Crippen LogP contribution in [0.2, 0.25) is 0 Å². The quantitative estimate of drug-likeness (QED) is 0.514. The summed E-state index contributed by atoms with van der Waals surface area (Å²) in [5, 5.41) is 2.78. The van der Waals surface area contributed by atoms with E-state index in [0.29, 0.717) is 17.8 Å². The molecule has 1 amide bonds. The van der Waals surface area contributed by atoms with Crippen molar-refractivity contribution in [1.82, 2.24) is 10.2 Å². The van der Waals surface area contributed by atoms with Gasteiger partial charge in [0.1, 0.15) is 6.54 Å². The maximum absolute atomic E-state index is 12.2. The molecular weight excluding hydrogens is 354 g/mol. The number of nitrogens with one attached hydrogen (secondary N) is 1. The molecule has 1 aromatic rings. The number of rotatable bonds is 9. The van der Waals surface area contributed by atoms with Gasteiger partial charge in [-0.25, -0.2) is 8.42 Å². The molecule has 0 atom stereocenters. The van der Waals surface area contributed by atoms with Crippen LogP contribution in [0.15, 0.2) is 24.3 Å². The molecule has 0 saturated carbocycles. The minimum atomic E-state index is -3.65. The summed E-state index contributed by atoms with van der Waals surface area (Å²) in [5.41, 5.74) is 0.717. The number of hydrogen-bond acceptors (Lipinski definition) is 5. The molecule has 1 saturated heterocycles. The Bertz CT molecular complexity index is 743. The van der Waals surface area contributed by atoms with Crippen LogP contribution in [-0.2, 0) is 14.8 Å². The Morgan fingerprint density at radius 3 is 2.54 bits per heavy atom. The van der Waals surface area contributed by atoms with Crippen molar-refractivity contribution in [3.63, 3.8) is 0 Å². The van der Waals surface area contributed by atoms with Crippen LogP contribution in [0.3, 0.4) is 0 Å². The zero-order valence-electron chi connectivity index (χ0n) is 15.4. The lowest BCUT2D eigenvalue weighted by atomic mass is 10.1. The van der Waals surface area contributed by atoms with Crippen molar-refractivity contribution in [2.24, 2.45) is 0 Å². The van der Waals surface area contributed by atoms with Crippen LogP contribution in [-0.4, -0.2) is 64.0 Å². The molecule has 1 N–H and O–H groups in total. The van der Waals surface area contributed by atoms with Crippen LogP contribution >= 0.6 is 0 Å². The molecule has 2 rings (SSSR count). The average Bonchev–Trinajstić information content (AvgIpc) is 3.09. The van der Waals surface area contributed by atoms with Gasteiger partial charge < -0.3 is 10.2 Å². The number of hydrogen-bond donors (Lipinski definition) is 1. The first-order valence-electron chi connectivity index (χ1n) is 8.85. The van der Waals surface area contributed by atoms with E-state index in [-0.39, 0.29) is 18.2 Å². The van der Waals surface area contributed by atoms with Gasteiger partial charge in [0.2, 0.25) is 15.9 Å². The Labute approximate surface area is 155 Å². The number of carbonyl (C=O) groups excluding carboxylic acids is 2. The summed E-state index contributed by atoms with van der Waals surface area (Å²) in [7, 11) is -3.65. The number of nitrogens with zero attached hydrogens (tertiary/aromatic N) is 2. The van der Waals surface area contributed by atoms with Crippen LogP contribution in [0, 0.1) is 0 Å². The number of carbonyl (C=O) groups is 2. The first kappa shape index (κ1) is 20.4. The predicted octanol–water partition coefficient (Wildman–Crippen LogP) is 1.26. The van der Waals surface area contributed by atoms with Crippen LogP contribution < -0.4 is 9.62 Å². The zero-order chi connectivity index (χ0) is 19.2. The van der Waals surface area contributed by atoms with Gasteiger partial charge in [-0.15, -0.1) is 0 Å². The number of sulfonamides is 1. The molecular formula is C18H27N3O4S. The van der Waals surface area contributed by atoms with Crippen molar-refractivity contribution in [2.75, 3.05) is 43.3 Å². The molecule has 1 aliphatic heterocycles. The number of anilines is 1. The van der Waals surface area contributed by atoms with Gasteiger partial charge in [0, 0.05) is 12.1 Å². The SMILES string of the molecule is CC(=O)c1cccc(N(CC(=O)NCCCN2CCCC2)S(C)(=O)=O)c1. The van der Waals surface area contributed by atoms with Crippen LogP contribution in [0.25, 0.3) is 0 Å². The van der Waals surface area contributed by atoms with E-state index in [1.165, 1.54) is 25.8 Å². The lowest BCUT2D eigenvalue weighted by molar-refractivity contribution is -0.119. The molecule has 0 unspecified atom stereocenters. The number of likely N-dealkylation sites (tertiary alicyclic amines) is 1. The number of Topliss-reactive ketones (excluding diaryl/α,β-unsaturated/α-hetero) is 1. The Hall–Kier alpha value is -1.93. The topological polar surface area (TPSA) is 86.8 Å². The summed E-state index contributed by atoms with van der Waals surface area (Å²) >= 11 is 0. The smallest absolute Gasteiger partial charge is 0.240 e. The van der Waals surface area contributed by atoms with Gasteiger partial charge in [-0.05, 0) is 58.0 Å². The summed E-state index contributed by atoms with van der Waals surface area (Å²) in [6, 6.07) is 6.29. The van der Waals surface area contributed by atoms with Crippen molar-refractivity contribution in [3.05, 3.63) is 29.8 Å². The van der Waals surface area contributed by atoms with Crippen LogP contribution in [0.4, 0.5) is 5.69 Å². The molecule has 0 spiro atoms. The molecule has 0 bridgehead atoms. The van der Waals surface area contributed by atoms with E-state index in [4.69, 9.17) is 0 Å². The maximum Gasteiger partial charge on any atom is 0.240 e. The van der Waals surface area contributed by atoms with Crippen molar-refractivity contribution >= 4 is 27.4 Å². The highest BCUT2D eigenvalue weighted by molar-refractivity contribution is 7.92. The third-order valence-corrected chi connectivity index (χ3v) is 5.54. The summed E-state index contributed by atoms with van der Waals surface area (Å²) in [5.74, 6) is -0.517. The Morgan fingerprint density at radius 2 is 1.92 bits per heavy atom. The fourth-order valence-corrected chi connectivity index (χ4v) is 3.85. The first-order valence-corrected chi connectivity index (χ1v) is 10.7. The second-order valence-electron chi connectivity index (χ2n) is 6.63. The third-order valence-electron chi connectivity index (χ3n) is 4.40. The van der Waals surface area contributed by atoms with Crippen molar-refractivity contribution < 1.29 is 18.0 Å². The summed E-state index contributed by atoms with van der Waals surface area (Å²) in [4.78, 5) is 26.1. The molecule has 144 valence electrons. The molecule has 0 aromatic heterocycles. The van der Waals surface area contributed by atoms with E-state index in [9.17, 15) is 18.0 Å². The Balaban J connectivity index is 1.94. The molecule has 7 nitrogen and oxygen atoms in total. The number of amides is 1. The largest absolute Gasteiger partial charge is 0.354 e. The van der Waals surface area contributed by atoms with E-state index < -0.39 is 10.0 Å². The monoisotopic (exact) mass is 381 g/mol. The second-order valence-corrected chi connectivity index (χ2v) is 8.54. The molecule has 1 heterocycles. The standard InChI is InChI=1S/C18H27N3O4S/c1-15(22)16-7-5-8-17(13-16)21(26(2,24)25)14-18(23)19-9-6-12-20-10-3-4-11-20/h5,7-8,13H,3-4,6,9-12,14H2,1-2H3,(H,19,23). The lowest BCUT2D eigenvalue weighted by Gasteiger charge is -2.22. The van der Waals surface area contributed by atoms with Crippen molar-refractivity contribution in [3.8, 4) is 0 Å². The van der Waals surface area contributed by atoms with E-state index in [1.54, 1.807) is 18.2 Å². The van der Waals surface area contributed by atoms with Gasteiger partial charge in [-0.1, -0.05) is 12.1 Å². The van der Waals surface area contributed by atoms with E-state index >= 15 is 0 Å². The van der Waals surface area contributed by atoms with Crippen LogP contribution in [0.1, 0.15) is 36.5 Å². The van der Waals surface area contributed by atoms with Gasteiger partial charge in [0.05, 0.1) is 11.9 Å². The van der Waals surface area contributed by atoms with Crippen molar-refractivity contribution in [1.29, 1.82) is 0 Å². The minimum Gasteiger partial charge on any atom is -0.354 e. The molecule has 1 aromatic carbocycles. The zero-order valence-corrected chi connectivity index (χ0v) is 16.2. The molecule has 1 aliphatic rings. The fourth-order valence-electron chi connectivity index (χ4n) is 3.00. The summed E-state index contributed by atoms with van der Waals surface area (Å²) < 4.78 is 25.2. The normalized spacial score (nSPS) is 15.0. The molecule has 8 heteroatoms. The first-order chi connectivity index (χ1) is 12.3. The highest BCUT2D eigenvalue weighted by atomic mass is 32.2. The van der Waals surface area contributed by atoms with Crippen LogP contribution in [0.5, 0.6) is 0 Å². The highest BCUT2D eigenvalue weighted by Gasteiger charge is 2.21. The predicted molar refractivity (Wildman–Crippen MR) is 102 cm³/mol. The molecule has 1 fully saturated rings. The summed E-state index contributed by atoms with van der Waals surface area (Å²) in [6.07, 6.45) is 4.35. The van der Waals surface area contributed by atoms with Gasteiger partial charge in [-0.2, -0.15) is 0 Å². The van der Waals surface area contributed by atoms with E-state index in [2.05, 4.69) is 10.2 Å². The van der Waals surface area contributed by atoms with Gasteiger partial charge in [0.15, 0.2) is 5.78 Å². The number of benzene rings is 1. The molecule has 26 heavy (non-hydrogen) atoms. The minimum absolute atomic E-state index is 0.160. The fraction of sp³-hybridized carbons (Fsp3) is 0.556. The van der Waals surface area contributed by atoms with Gasteiger partial charge >= 0.3 is 0 Å². The highest BCUT2D eigenvalue weighted by Crippen LogP contribution is 2.19. The molecule has 0 radical (unpaired) electrons. The Kier molecular flexibility index (Phi) is 7.16. The van der Waals surface area contributed by atoms with E-state index in [0.717, 1.165) is 36.6 Å². The lowest BCUT2D eigenvalue weighted by Crippen LogP contribution is -2.41. The van der Waals surface area contributed by atoms with E-state index in [1.807, 2.05) is 0 Å². The molecule has 0 aliphatic carbocycles. The average molecular weight is 381 g/mol. The summed E-state index contributed by atoms with van der Waals surface area (Å²) in [6.45, 7) is 4.79. The number of ketones is 1. The third kappa shape index (κ3) is 6.10. The van der Waals surface area contributed by atoms with Crippen molar-refractivity contribution in [2.45, 2.75) is 26.2 Å².